The summed E-state index contributed by atoms with van der Waals surface area (Å²) in [4.78, 5) is 16.4. The van der Waals surface area contributed by atoms with E-state index >= 15 is 0 Å². The van der Waals surface area contributed by atoms with Gasteiger partial charge in [-0.2, -0.15) is 0 Å². The zero-order chi connectivity index (χ0) is 17.2. The highest BCUT2D eigenvalue weighted by atomic mass is 79.9. The lowest BCUT2D eigenvalue weighted by Gasteiger charge is -2.26. The third-order valence-electron chi connectivity index (χ3n) is 3.82. The summed E-state index contributed by atoms with van der Waals surface area (Å²) in [7, 11) is -3.04. The molecule has 2 aromatic heterocycles. The molecule has 2 aromatic rings. The van der Waals surface area contributed by atoms with Crippen LogP contribution in [0.4, 0.5) is 0 Å². The van der Waals surface area contributed by atoms with Gasteiger partial charge in [-0.3, -0.25) is 4.79 Å². The molecule has 1 amide bonds. The lowest BCUT2D eigenvalue weighted by atomic mass is 10.2. The van der Waals surface area contributed by atoms with Gasteiger partial charge in [-0.1, -0.05) is 6.07 Å². The van der Waals surface area contributed by atoms with Crippen molar-refractivity contribution in [1.29, 1.82) is 0 Å². The van der Waals surface area contributed by atoms with Crippen LogP contribution < -0.4 is 0 Å². The third-order valence-corrected chi connectivity index (χ3v) is 8.02. The summed E-state index contributed by atoms with van der Waals surface area (Å²) < 4.78 is 24.6. The average molecular weight is 446 g/mol. The fraction of sp³-hybridized carbons (Fsp3) is 0.312. The number of sulfone groups is 1. The Balaban J connectivity index is 1.78. The van der Waals surface area contributed by atoms with Crippen molar-refractivity contribution in [3.05, 3.63) is 49.3 Å². The Bertz CT molecular complexity index is 840. The molecule has 0 N–H and O–H groups in total. The molecule has 24 heavy (non-hydrogen) atoms. The highest BCUT2D eigenvalue weighted by Crippen LogP contribution is 2.25. The molecule has 0 aromatic carbocycles. The van der Waals surface area contributed by atoms with Crippen molar-refractivity contribution < 1.29 is 13.2 Å². The zero-order valence-corrected chi connectivity index (χ0v) is 16.8. The Morgan fingerprint density at radius 2 is 2.21 bits per heavy atom. The quantitative estimate of drug-likeness (QED) is 0.657. The van der Waals surface area contributed by atoms with E-state index in [0.29, 0.717) is 13.0 Å². The van der Waals surface area contributed by atoms with Crippen molar-refractivity contribution >= 4 is 60.4 Å². The number of rotatable bonds is 5. The van der Waals surface area contributed by atoms with Gasteiger partial charge in [-0.15, -0.1) is 22.7 Å². The van der Waals surface area contributed by atoms with Crippen LogP contribution in [0.2, 0.25) is 0 Å². The van der Waals surface area contributed by atoms with Gasteiger partial charge in [0.2, 0.25) is 5.91 Å². The van der Waals surface area contributed by atoms with Crippen LogP contribution in [0.3, 0.4) is 0 Å². The molecule has 8 heteroatoms. The Hall–Kier alpha value is -0.960. The Morgan fingerprint density at radius 1 is 1.38 bits per heavy atom. The van der Waals surface area contributed by atoms with E-state index in [0.717, 1.165) is 13.5 Å². The van der Waals surface area contributed by atoms with Gasteiger partial charge in [0.05, 0.1) is 21.8 Å². The van der Waals surface area contributed by atoms with Gasteiger partial charge < -0.3 is 4.90 Å². The SMILES string of the molecule is O=C(C=Cc1ccc(Br)s1)N(Cc1cccs1)C1CCS(=O)(=O)C1. The van der Waals surface area contributed by atoms with Crippen molar-refractivity contribution in [1.82, 2.24) is 4.90 Å². The first-order valence-corrected chi connectivity index (χ1v) is 11.7. The number of thiophene rings is 2. The number of carbonyl (C=O) groups is 1. The van der Waals surface area contributed by atoms with Crippen LogP contribution in [0.5, 0.6) is 0 Å². The molecule has 0 saturated carbocycles. The molecule has 4 nitrogen and oxygen atoms in total. The van der Waals surface area contributed by atoms with Gasteiger partial charge in [-0.05, 0) is 52.0 Å². The largest absolute Gasteiger partial charge is 0.330 e. The molecule has 3 heterocycles. The molecule has 1 atom stereocenters. The van der Waals surface area contributed by atoms with Crippen molar-refractivity contribution in [2.45, 2.75) is 19.0 Å². The van der Waals surface area contributed by atoms with E-state index in [-0.39, 0.29) is 23.5 Å². The molecule has 0 spiro atoms. The van der Waals surface area contributed by atoms with E-state index < -0.39 is 9.84 Å². The van der Waals surface area contributed by atoms with Crippen molar-refractivity contribution in [3.8, 4) is 0 Å². The molecule has 1 saturated heterocycles. The van der Waals surface area contributed by atoms with Crippen LogP contribution in [0.1, 0.15) is 16.2 Å². The van der Waals surface area contributed by atoms with Crippen LogP contribution in [0.15, 0.2) is 39.5 Å². The normalized spacial score (nSPS) is 19.8. The van der Waals surface area contributed by atoms with E-state index in [9.17, 15) is 13.2 Å². The van der Waals surface area contributed by atoms with Gasteiger partial charge in [0, 0.05) is 21.9 Å². The van der Waals surface area contributed by atoms with E-state index in [1.807, 2.05) is 29.6 Å². The summed E-state index contributed by atoms with van der Waals surface area (Å²) in [6, 6.07) is 7.52. The second-order valence-corrected chi connectivity index (χ2v) is 11.3. The van der Waals surface area contributed by atoms with E-state index in [2.05, 4.69) is 15.9 Å². The van der Waals surface area contributed by atoms with Gasteiger partial charge in [0.25, 0.3) is 0 Å². The van der Waals surface area contributed by atoms with Crippen LogP contribution in [0, 0.1) is 0 Å². The van der Waals surface area contributed by atoms with Crippen molar-refractivity contribution in [2.24, 2.45) is 0 Å². The fourth-order valence-electron chi connectivity index (χ4n) is 2.65. The summed E-state index contributed by atoms with van der Waals surface area (Å²) in [5, 5.41) is 1.96. The zero-order valence-electron chi connectivity index (χ0n) is 12.7. The molecule has 0 aliphatic carbocycles. The van der Waals surface area contributed by atoms with Crippen LogP contribution >= 0.6 is 38.6 Å². The van der Waals surface area contributed by atoms with E-state index in [1.165, 1.54) is 6.08 Å². The predicted molar refractivity (Wildman–Crippen MR) is 103 cm³/mol. The van der Waals surface area contributed by atoms with Crippen LogP contribution in [-0.2, 0) is 21.2 Å². The van der Waals surface area contributed by atoms with Gasteiger partial charge in [-0.25, -0.2) is 8.42 Å². The van der Waals surface area contributed by atoms with Crippen LogP contribution in [-0.4, -0.2) is 36.8 Å². The highest BCUT2D eigenvalue weighted by molar-refractivity contribution is 9.11. The first-order valence-electron chi connectivity index (χ1n) is 7.40. The van der Waals surface area contributed by atoms with Gasteiger partial charge in [0.15, 0.2) is 9.84 Å². The Labute approximate surface area is 157 Å². The third kappa shape index (κ3) is 4.56. The maximum Gasteiger partial charge on any atom is 0.247 e. The average Bonchev–Trinajstić information content (AvgIpc) is 3.24. The topological polar surface area (TPSA) is 54.5 Å². The van der Waals surface area contributed by atoms with Crippen LogP contribution in [0.25, 0.3) is 6.08 Å². The molecule has 1 aliphatic heterocycles. The number of halogens is 1. The summed E-state index contributed by atoms with van der Waals surface area (Å²) in [6.45, 7) is 0.454. The summed E-state index contributed by atoms with van der Waals surface area (Å²) in [6.07, 6.45) is 3.83. The lowest BCUT2D eigenvalue weighted by Crippen LogP contribution is -2.39. The smallest absolute Gasteiger partial charge is 0.247 e. The first kappa shape index (κ1) is 17.8. The second-order valence-electron chi connectivity index (χ2n) is 5.58. The van der Waals surface area contributed by atoms with Gasteiger partial charge in [0.1, 0.15) is 0 Å². The monoisotopic (exact) mass is 445 g/mol. The molecule has 128 valence electrons. The number of amides is 1. The summed E-state index contributed by atoms with van der Waals surface area (Å²) >= 11 is 6.52. The molecule has 3 rings (SSSR count). The molecule has 0 radical (unpaired) electrons. The van der Waals surface area contributed by atoms with E-state index in [1.54, 1.807) is 33.6 Å². The van der Waals surface area contributed by atoms with Crippen molar-refractivity contribution in [2.75, 3.05) is 11.5 Å². The Kier molecular flexibility index (Phi) is 5.59. The van der Waals surface area contributed by atoms with E-state index in [4.69, 9.17) is 0 Å². The predicted octanol–water partition coefficient (Wildman–Crippen LogP) is 3.80. The minimum atomic E-state index is -3.04. The maximum absolute atomic E-state index is 12.7. The number of nitrogens with zero attached hydrogens (tertiary/aromatic N) is 1. The molecule has 0 bridgehead atoms. The minimum absolute atomic E-state index is 0.0580. The lowest BCUT2D eigenvalue weighted by molar-refractivity contribution is -0.128. The molecular formula is C16H16BrNO3S3. The fourth-order valence-corrected chi connectivity index (χ4v) is 6.41. The summed E-state index contributed by atoms with van der Waals surface area (Å²) in [5.74, 6) is 0.0747. The Morgan fingerprint density at radius 3 is 2.79 bits per heavy atom. The number of hydrogen-bond donors (Lipinski definition) is 0. The first-order chi connectivity index (χ1) is 11.4. The molecule has 1 aliphatic rings. The van der Waals surface area contributed by atoms with Gasteiger partial charge >= 0.3 is 0 Å². The summed E-state index contributed by atoms with van der Waals surface area (Å²) in [5.41, 5.74) is 0. The second kappa shape index (κ2) is 7.51. The maximum atomic E-state index is 12.7. The molecule has 1 unspecified atom stereocenters. The number of carbonyl (C=O) groups excluding carboxylic acids is 1. The number of hydrogen-bond acceptors (Lipinski definition) is 5. The molecule has 1 fully saturated rings. The van der Waals surface area contributed by atoms with Crippen molar-refractivity contribution in [3.63, 3.8) is 0 Å². The molecular weight excluding hydrogens is 430 g/mol. The highest BCUT2D eigenvalue weighted by Gasteiger charge is 2.34. The minimum Gasteiger partial charge on any atom is -0.330 e. The standard InChI is InChI=1S/C16H16BrNO3S3/c17-15-5-3-13(23-15)4-6-16(19)18(10-14-2-1-8-22-14)12-7-9-24(20,21)11-12/h1-6,8,12H,7,9-11H2.